The largest absolute Gasteiger partial charge is 0.392 e. The Bertz CT molecular complexity index is 1040. The number of hydrogen-bond donors (Lipinski definition) is 1. The van der Waals surface area contributed by atoms with Crippen molar-refractivity contribution in [1.82, 2.24) is 0 Å². The number of fused-ring (bicyclic) bond motifs is 3. The van der Waals surface area contributed by atoms with Crippen LogP contribution in [0.4, 0.5) is 0 Å². The smallest absolute Gasteiger partial charge is 0.0732 e. The molecule has 0 amide bonds. The summed E-state index contributed by atoms with van der Waals surface area (Å²) in [6, 6.07) is 24.7. The molecule has 3 aromatic rings. The quantitative estimate of drug-likeness (QED) is 0.554. The van der Waals surface area contributed by atoms with E-state index in [0.29, 0.717) is 13.0 Å². The maximum Gasteiger partial charge on any atom is 0.0732 e. The summed E-state index contributed by atoms with van der Waals surface area (Å²) in [6.07, 6.45) is 0.416. The van der Waals surface area contributed by atoms with E-state index in [2.05, 4.69) is 36.4 Å². The molecule has 0 radical (unpaired) electrons. The topological polar surface area (TPSA) is 56.4 Å². The highest BCUT2D eigenvalue weighted by molar-refractivity contribution is 6.26. The van der Waals surface area contributed by atoms with Crippen molar-refractivity contribution in [1.29, 1.82) is 5.26 Å². The summed E-state index contributed by atoms with van der Waals surface area (Å²) in [4.78, 5) is 4.72. The van der Waals surface area contributed by atoms with E-state index in [4.69, 9.17) is 10.3 Å². The highest BCUT2D eigenvalue weighted by Gasteiger charge is 2.26. The van der Waals surface area contributed by atoms with Gasteiger partial charge in [-0.05, 0) is 33.9 Å². The summed E-state index contributed by atoms with van der Waals surface area (Å²) in [5.74, 6) is 0. The number of rotatable bonds is 4. The third-order valence-corrected chi connectivity index (χ3v) is 4.69. The number of nitriles is 1. The first-order chi connectivity index (χ1) is 12.8. The van der Waals surface area contributed by atoms with Crippen LogP contribution in [0, 0.1) is 11.3 Å². The Labute approximate surface area is 152 Å². The Morgan fingerprint density at radius 3 is 2.38 bits per heavy atom. The molecule has 1 aliphatic rings. The van der Waals surface area contributed by atoms with Crippen LogP contribution in [0.25, 0.3) is 22.3 Å². The van der Waals surface area contributed by atoms with Gasteiger partial charge in [0.1, 0.15) is 0 Å². The van der Waals surface area contributed by atoms with Crippen LogP contribution in [0.3, 0.4) is 0 Å². The summed E-state index contributed by atoms with van der Waals surface area (Å²) >= 11 is 0. The van der Waals surface area contributed by atoms with Crippen LogP contribution < -0.4 is 0 Å². The summed E-state index contributed by atoms with van der Waals surface area (Å²) in [6.45, 7) is 0.532. The van der Waals surface area contributed by atoms with Gasteiger partial charge in [0.2, 0.25) is 0 Å². The molecule has 0 heterocycles. The van der Waals surface area contributed by atoms with Gasteiger partial charge in [0, 0.05) is 11.1 Å². The van der Waals surface area contributed by atoms with Crippen molar-refractivity contribution in [3.8, 4) is 28.3 Å². The Morgan fingerprint density at radius 1 is 0.846 bits per heavy atom. The predicted molar refractivity (Wildman–Crippen MR) is 104 cm³/mol. The molecule has 3 nitrogen and oxygen atoms in total. The SMILES string of the molecule is N#CCC/N=C1\c2ccccc2-c2c1cccc2-c1cccc(CO)c1. The molecule has 126 valence electrons. The molecule has 3 heteroatoms. The standard InChI is InChI=1S/C23H18N2O/c24-12-5-13-25-23-20-9-2-1-8-19(20)22-18(10-4-11-21(22)23)17-7-3-6-16(14-17)15-26/h1-4,6-11,14,26H,5,13,15H2/b25-23+. The second kappa shape index (κ2) is 6.95. The minimum absolute atomic E-state index is 0.0281. The average Bonchev–Trinajstić information content (AvgIpc) is 3.02. The van der Waals surface area contributed by atoms with E-state index in [1.807, 2.05) is 36.4 Å². The lowest BCUT2D eigenvalue weighted by Gasteiger charge is -2.10. The van der Waals surface area contributed by atoms with Gasteiger partial charge in [-0.2, -0.15) is 5.26 Å². The van der Waals surface area contributed by atoms with Gasteiger partial charge in [-0.3, -0.25) is 4.99 Å². The van der Waals surface area contributed by atoms with Crippen LogP contribution >= 0.6 is 0 Å². The van der Waals surface area contributed by atoms with Crippen LogP contribution in [0.2, 0.25) is 0 Å². The Hall–Kier alpha value is -3.22. The lowest BCUT2D eigenvalue weighted by Crippen LogP contribution is -1.99. The maximum absolute atomic E-state index is 9.48. The molecule has 4 rings (SSSR count). The van der Waals surface area contributed by atoms with Crippen LogP contribution in [-0.4, -0.2) is 17.4 Å². The van der Waals surface area contributed by atoms with Gasteiger partial charge in [-0.1, -0.05) is 60.7 Å². The number of aliphatic hydroxyl groups excluding tert-OH is 1. The van der Waals surface area contributed by atoms with Crippen molar-refractivity contribution < 1.29 is 5.11 Å². The number of aliphatic imine (C=N–C) groups is 1. The van der Waals surface area contributed by atoms with E-state index in [9.17, 15) is 5.11 Å². The summed E-state index contributed by atoms with van der Waals surface area (Å²) in [5, 5.41) is 18.3. The number of nitrogens with zero attached hydrogens (tertiary/aromatic N) is 2. The van der Waals surface area contributed by atoms with Gasteiger partial charge >= 0.3 is 0 Å². The molecule has 1 N–H and O–H groups in total. The van der Waals surface area contributed by atoms with Crippen molar-refractivity contribution in [2.75, 3.05) is 6.54 Å². The molecule has 0 unspecified atom stereocenters. The van der Waals surface area contributed by atoms with E-state index in [0.717, 1.165) is 33.5 Å². The highest BCUT2D eigenvalue weighted by Crippen LogP contribution is 2.43. The third-order valence-electron chi connectivity index (χ3n) is 4.69. The normalized spacial score (nSPS) is 13.3. The van der Waals surface area contributed by atoms with Crippen LogP contribution in [-0.2, 0) is 6.61 Å². The Morgan fingerprint density at radius 2 is 1.58 bits per heavy atom. The van der Waals surface area contributed by atoms with Gasteiger partial charge in [0.15, 0.2) is 0 Å². The predicted octanol–water partition coefficient (Wildman–Crippen LogP) is 4.58. The molecular formula is C23H18N2O. The zero-order valence-electron chi connectivity index (χ0n) is 14.3. The first-order valence-corrected chi connectivity index (χ1v) is 8.68. The van der Waals surface area contributed by atoms with Crippen LogP contribution in [0.1, 0.15) is 23.1 Å². The zero-order valence-corrected chi connectivity index (χ0v) is 14.3. The van der Waals surface area contributed by atoms with Crippen molar-refractivity contribution >= 4 is 5.71 Å². The Balaban J connectivity index is 1.93. The number of aliphatic hydroxyl groups is 1. The van der Waals surface area contributed by atoms with Gasteiger partial charge in [0.25, 0.3) is 0 Å². The maximum atomic E-state index is 9.48. The van der Waals surface area contributed by atoms with E-state index in [-0.39, 0.29) is 6.61 Å². The number of benzene rings is 3. The minimum atomic E-state index is 0.0281. The second-order valence-electron chi connectivity index (χ2n) is 6.27. The highest BCUT2D eigenvalue weighted by atomic mass is 16.3. The average molecular weight is 338 g/mol. The van der Waals surface area contributed by atoms with Gasteiger partial charge in [-0.25, -0.2) is 0 Å². The van der Waals surface area contributed by atoms with Crippen LogP contribution in [0.15, 0.2) is 71.7 Å². The molecule has 1 aliphatic carbocycles. The van der Waals surface area contributed by atoms with Crippen molar-refractivity contribution in [2.24, 2.45) is 4.99 Å². The molecule has 0 fully saturated rings. The lowest BCUT2D eigenvalue weighted by atomic mass is 9.93. The molecule has 0 saturated carbocycles. The first kappa shape index (κ1) is 16.3. The molecule has 0 spiro atoms. The molecule has 0 aromatic heterocycles. The zero-order chi connectivity index (χ0) is 17.9. The summed E-state index contributed by atoms with van der Waals surface area (Å²) < 4.78 is 0. The molecule has 0 bridgehead atoms. The van der Waals surface area contributed by atoms with Gasteiger partial charge in [0.05, 0.1) is 31.4 Å². The first-order valence-electron chi connectivity index (χ1n) is 8.68. The van der Waals surface area contributed by atoms with Gasteiger partial charge < -0.3 is 5.11 Å². The second-order valence-corrected chi connectivity index (χ2v) is 6.27. The van der Waals surface area contributed by atoms with Gasteiger partial charge in [-0.15, -0.1) is 0 Å². The van der Waals surface area contributed by atoms with E-state index in [1.165, 1.54) is 11.1 Å². The Kier molecular flexibility index (Phi) is 4.35. The molecule has 3 aromatic carbocycles. The molecule has 0 saturated heterocycles. The van der Waals surface area contributed by atoms with Crippen molar-refractivity contribution in [2.45, 2.75) is 13.0 Å². The minimum Gasteiger partial charge on any atom is -0.392 e. The van der Waals surface area contributed by atoms with E-state index < -0.39 is 0 Å². The van der Waals surface area contributed by atoms with E-state index >= 15 is 0 Å². The van der Waals surface area contributed by atoms with Crippen molar-refractivity contribution in [3.63, 3.8) is 0 Å². The third kappa shape index (κ3) is 2.71. The summed E-state index contributed by atoms with van der Waals surface area (Å²) in [5.41, 5.74) is 8.65. The van der Waals surface area contributed by atoms with Crippen LogP contribution in [0.5, 0.6) is 0 Å². The fraction of sp³-hybridized carbons (Fsp3) is 0.130. The fourth-order valence-electron chi connectivity index (χ4n) is 3.56. The monoisotopic (exact) mass is 338 g/mol. The summed E-state index contributed by atoms with van der Waals surface area (Å²) in [7, 11) is 0. The molecule has 0 aliphatic heterocycles. The molecule has 26 heavy (non-hydrogen) atoms. The molecular weight excluding hydrogens is 320 g/mol. The fourth-order valence-corrected chi connectivity index (χ4v) is 3.56. The number of hydrogen-bond acceptors (Lipinski definition) is 3. The van der Waals surface area contributed by atoms with Crippen molar-refractivity contribution in [3.05, 3.63) is 83.4 Å². The molecule has 0 atom stereocenters. The lowest BCUT2D eigenvalue weighted by molar-refractivity contribution is 0.282. The van der Waals surface area contributed by atoms with E-state index in [1.54, 1.807) is 0 Å².